The average molecular weight is 345 g/mol. The Labute approximate surface area is 147 Å². The molecule has 0 aromatic heterocycles. The predicted octanol–water partition coefficient (Wildman–Crippen LogP) is 1.89. The minimum Gasteiger partial charge on any atom is -0.454 e. The maximum Gasteiger partial charge on any atom is 0.274 e. The molecule has 134 valence electrons. The van der Waals surface area contributed by atoms with Gasteiger partial charge in [0.05, 0.1) is 12.6 Å². The summed E-state index contributed by atoms with van der Waals surface area (Å²) in [6, 6.07) is 5.54. The van der Waals surface area contributed by atoms with E-state index in [2.05, 4.69) is 29.5 Å². The molecule has 1 saturated heterocycles. The van der Waals surface area contributed by atoms with Gasteiger partial charge in [-0.05, 0) is 36.1 Å². The first-order valence-electron chi connectivity index (χ1n) is 8.31. The Kier molecular flexibility index (Phi) is 5.23. The van der Waals surface area contributed by atoms with Crippen LogP contribution in [-0.2, 0) is 9.53 Å². The first-order chi connectivity index (χ1) is 12.0. The maximum atomic E-state index is 12.2. The van der Waals surface area contributed by atoms with Crippen molar-refractivity contribution in [2.24, 2.45) is 10.9 Å². The minimum atomic E-state index is -0.211. The summed E-state index contributed by atoms with van der Waals surface area (Å²) >= 11 is 0. The van der Waals surface area contributed by atoms with Crippen LogP contribution in [0.25, 0.3) is 6.08 Å². The van der Waals surface area contributed by atoms with Crippen LogP contribution in [0.3, 0.4) is 0 Å². The molecule has 2 heterocycles. The van der Waals surface area contributed by atoms with Gasteiger partial charge in [0, 0.05) is 7.11 Å². The molecule has 0 unspecified atom stereocenters. The van der Waals surface area contributed by atoms with Crippen LogP contribution < -0.4 is 20.1 Å². The second-order valence-corrected chi connectivity index (χ2v) is 6.47. The zero-order chi connectivity index (χ0) is 17.8. The molecule has 2 aliphatic rings. The molecule has 2 aliphatic heterocycles. The van der Waals surface area contributed by atoms with E-state index < -0.39 is 0 Å². The smallest absolute Gasteiger partial charge is 0.274 e. The van der Waals surface area contributed by atoms with Gasteiger partial charge in [0.15, 0.2) is 11.5 Å². The number of carbonyl (C=O) groups is 1. The third-order valence-corrected chi connectivity index (χ3v) is 3.85. The zero-order valence-electron chi connectivity index (χ0n) is 14.7. The quantitative estimate of drug-likeness (QED) is 0.770. The summed E-state index contributed by atoms with van der Waals surface area (Å²) in [5, 5.41) is 5.80. The van der Waals surface area contributed by atoms with Gasteiger partial charge >= 0.3 is 0 Å². The summed E-state index contributed by atoms with van der Waals surface area (Å²) in [6.07, 6.45) is 2.64. The van der Waals surface area contributed by atoms with Crippen LogP contribution >= 0.6 is 0 Å². The number of aliphatic imine (C=N–C) groups is 1. The van der Waals surface area contributed by atoms with Crippen molar-refractivity contribution in [2.75, 3.05) is 20.5 Å². The fourth-order valence-corrected chi connectivity index (χ4v) is 2.80. The monoisotopic (exact) mass is 345 g/mol. The minimum absolute atomic E-state index is 0.00214. The Bertz CT molecular complexity index is 712. The second kappa shape index (κ2) is 7.57. The number of amides is 1. The number of ether oxygens (including phenoxy) is 3. The molecule has 7 heteroatoms. The van der Waals surface area contributed by atoms with Crippen molar-refractivity contribution in [3.63, 3.8) is 0 Å². The Hall–Kier alpha value is -2.54. The van der Waals surface area contributed by atoms with Gasteiger partial charge in [0.25, 0.3) is 5.91 Å². The molecule has 1 aromatic rings. The Balaban J connectivity index is 1.74. The maximum absolute atomic E-state index is 12.2. The number of methoxy groups -OCH3 is 1. The van der Waals surface area contributed by atoms with Crippen LogP contribution in [0.15, 0.2) is 28.9 Å². The summed E-state index contributed by atoms with van der Waals surface area (Å²) in [7, 11) is 1.65. The summed E-state index contributed by atoms with van der Waals surface area (Å²) in [5.41, 5.74) is 1.29. The highest BCUT2D eigenvalue weighted by Gasteiger charge is 2.23. The first kappa shape index (κ1) is 17.3. The van der Waals surface area contributed by atoms with Crippen molar-refractivity contribution in [3.8, 4) is 11.5 Å². The Morgan fingerprint density at radius 3 is 2.84 bits per heavy atom. The lowest BCUT2D eigenvalue weighted by atomic mass is 10.1. The summed E-state index contributed by atoms with van der Waals surface area (Å²) < 4.78 is 15.9. The van der Waals surface area contributed by atoms with Crippen LogP contribution in [0, 0.1) is 5.92 Å². The molecule has 1 aromatic carbocycles. The molecule has 1 fully saturated rings. The van der Waals surface area contributed by atoms with Gasteiger partial charge in [-0.15, -0.1) is 0 Å². The second-order valence-electron chi connectivity index (χ2n) is 6.47. The van der Waals surface area contributed by atoms with Gasteiger partial charge in [0.2, 0.25) is 12.8 Å². The molecule has 3 rings (SSSR count). The van der Waals surface area contributed by atoms with E-state index >= 15 is 0 Å². The number of hydrogen-bond donors (Lipinski definition) is 2. The molecule has 0 saturated carbocycles. The highest BCUT2D eigenvalue weighted by atomic mass is 16.7. The van der Waals surface area contributed by atoms with Crippen molar-refractivity contribution in [2.45, 2.75) is 26.3 Å². The molecule has 7 nitrogen and oxygen atoms in total. The van der Waals surface area contributed by atoms with Crippen LogP contribution in [-0.4, -0.2) is 38.4 Å². The number of hydrogen-bond acceptors (Lipinski definition) is 5. The van der Waals surface area contributed by atoms with E-state index in [-0.39, 0.29) is 18.7 Å². The molecule has 0 aliphatic carbocycles. The Morgan fingerprint density at radius 2 is 2.08 bits per heavy atom. The molecule has 1 atom stereocenters. The Morgan fingerprint density at radius 1 is 1.28 bits per heavy atom. The summed E-state index contributed by atoms with van der Waals surface area (Å²) in [6.45, 7) is 5.00. The predicted molar refractivity (Wildman–Crippen MR) is 94.4 cm³/mol. The molecular formula is C18H23N3O4. The number of guanidine groups is 1. The number of fused-ring (bicyclic) bond motifs is 1. The van der Waals surface area contributed by atoms with Gasteiger partial charge in [0.1, 0.15) is 5.70 Å². The van der Waals surface area contributed by atoms with Gasteiger partial charge in [-0.3, -0.25) is 10.1 Å². The molecule has 1 amide bonds. The molecule has 0 radical (unpaired) electrons. The SMILES string of the molecule is COC[C@@H](CC(C)C)N=C1NC(=O)/C(=C/c2ccc3c(c2)OCO3)N1. The highest BCUT2D eigenvalue weighted by molar-refractivity contribution is 6.15. The third-order valence-electron chi connectivity index (χ3n) is 3.85. The topological polar surface area (TPSA) is 81.2 Å². The standard InChI is InChI=1S/C18H23N3O4/c1-11(2)6-13(9-23-3)19-18-20-14(17(22)21-18)7-12-4-5-15-16(8-12)25-10-24-15/h4-5,7-8,11,13H,6,9-10H2,1-3H3,(H2,19,20,21,22)/b14-7-/t13-/m1/s1. The first-order valence-corrected chi connectivity index (χ1v) is 8.31. The molecule has 0 spiro atoms. The van der Waals surface area contributed by atoms with Crippen LogP contribution in [0.4, 0.5) is 0 Å². The van der Waals surface area contributed by atoms with Crippen molar-refractivity contribution in [3.05, 3.63) is 29.5 Å². The largest absolute Gasteiger partial charge is 0.454 e. The van der Waals surface area contributed by atoms with E-state index in [1.807, 2.05) is 18.2 Å². The number of benzene rings is 1. The van der Waals surface area contributed by atoms with E-state index in [0.29, 0.717) is 35.7 Å². The van der Waals surface area contributed by atoms with E-state index in [1.165, 1.54) is 0 Å². The van der Waals surface area contributed by atoms with Gasteiger partial charge in [-0.2, -0.15) is 0 Å². The van der Waals surface area contributed by atoms with Gasteiger partial charge < -0.3 is 19.5 Å². The van der Waals surface area contributed by atoms with Crippen molar-refractivity contribution < 1.29 is 19.0 Å². The van der Waals surface area contributed by atoms with E-state index in [1.54, 1.807) is 13.2 Å². The number of rotatable bonds is 6. The molecular weight excluding hydrogens is 322 g/mol. The normalized spacial score (nSPS) is 20.2. The average Bonchev–Trinajstić information content (AvgIpc) is 3.13. The number of carbonyl (C=O) groups excluding carboxylic acids is 1. The highest BCUT2D eigenvalue weighted by Crippen LogP contribution is 2.33. The number of nitrogens with one attached hydrogen (secondary N) is 2. The lowest BCUT2D eigenvalue weighted by Crippen LogP contribution is -2.29. The van der Waals surface area contributed by atoms with Crippen molar-refractivity contribution in [1.29, 1.82) is 0 Å². The van der Waals surface area contributed by atoms with Crippen molar-refractivity contribution in [1.82, 2.24) is 10.6 Å². The lowest BCUT2D eigenvalue weighted by molar-refractivity contribution is -0.115. The molecule has 2 N–H and O–H groups in total. The van der Waals surface area contributed by atoms with Crippen LogP contribution in [0.5, 0.6) is 11.5 Å². The number of nitrogens with zero attached hydrogens (tertiary/aromatic N) is 1. The van der Waals surface area contributed by atoms with Gasteiger partial charge in [-0.25, -0.2) is 4.99 Å². The lowest BCUT2D eigenvalue weighted by Gasteiger charge is -2.14. The van der Waals surface area contributed by atoms with Gasteiger partial charge in [-0.1, -0.05) is 19.9 Å². The molecule has 25 heavy (non-hydrogen) atoms. The fourth-order valence-electron chi connectivity index (χ4n) is 2.80. The fraction of sp³-hybridized carbons (Fsp3) is 0.444. The van der Waals surface area contributed by atoms with E-state index in [4.69, 9.17) is 14.2 Å². The van der Waals surface area contributed by atoms with E-state index in [9.17, 15) is 4.79 Å². The van der Waals surface area contributed by atoms with E-state index in [0.717, 1.165) is 12.0 Å². The third kappa shape index (κ3) is 4.30. The van der Waals surface area contributed by atoms with Crippen molar-refractivity contribution >= 4 is 17.9 Å². The zero-order valence-corrected chi connectivity index (χ0v) is 14.7. The summed E-state index contributed by atoms with van der Waals surface area (Å²) in [5.74, 6) is 2.13. The summed E-state index contributed by atoms with van der Waals surface area (Å²) in [4.78, 5) is 16.7. The molecule has 0 bridgehead atoms. The van der Waals surface area contributed by atoms with Crippen LogP contribution in [0.1, 0.15) is 25.8 Å². The van der Waals surface area contributed by atoms with Crippen LogP contribution in [0.2, 0.25) is 0 Å².